The molecule has 0 amide bonds. The number of thiazole rings is 1. The summed E-state index contributed by atoms with van der Waals surface area (Å²) in [5.41, 5.74) is 2.20. The average molecular weight is 239 g/mol. The number of nitrogens with one attached hydrogen (secondary N) is 1. The molecule has 2 rings (SSSR count). The van der Waals surface area contributed by atoms with Gasteiger partial charge in [-0.15, -0.1) is 11.3 Å². The van der Waals surface area contributed by atoms with E-state index in [1.807, 2.05) is 11.7 Å². The maximum Gasteiger partial charge on any atom is 0.0794 e. The summed E-state index contributed by atoms with van der Waals surface area (Å²) in [7, 11) is 0. The minimum absolute atomic E-state index is 0.279. The van der Waals surface area contributed by atoms with Gasteiger partial charge in [-0.1, -0.05) is 6.92 Å². The Morgan fingerprint density at radius 2 is 2.50 bits per heavy atom. The molecule has 0 aromatic carbocycles. The first kappa shape index (κ1) is 12.0. The van der Waals surface area contributed by atoms with Crippen LogP contribution in [0.2, 0.25) is 0 Å². The van der Waals surface area contributed by atoms with Gasteiger partial charge in [0, 0.05) is 29.7 Å². The average Bonchev–Trinajstić information content (AvgIpc) is 2.69. The van der Waals surface area contributed by atoms with Gasteiger partial charge in [-0.25, -0.2) is 0 Å². The van der Waals surface area contributed by atoms with Crippen LogP contribution in [0.15, 0.2) is 11.7 Å². The van der Waals surface area contributed by atoms with Crippen LogP contribution in [-0.4, -0.2) is 35.1 Å². The Bertz CT molecular complexity index is 312. The highest BCUT2D eigenvalue weighted by Crippen LogP contribution is 2.18. The van der Waals surface area contributed by atoms with Crippen LogP contribution in [0.1, 0.15) is 31.6 Å². The monoisotopic (exact) mass is 239 g/mol. The number of nitrogens with zero attached hydrogens (tertiary/aromatic N) is 2. The summed E-state index contributed by atoms with van der Waals surface area (Å²) in [4.78, 5) is 8.07. The van der Waals surface area contributed by atoms with E-state index < -0.39 is 0 Å². The number of rotatable bonds is 3. The first-order chi connectivity index (χ1) is 7.72. The lowest BCUT2D eigenvalue weighted by atomic mass is 9.98. The molecule has 0 bridgehead atoms. The standard InChI is InChI=1S/C12H21N3S/c1-3-12(2)9-15(6-4-5-14-12)8-11-7-13-10-16-11/h7,10,14H,3-6,8-9H2,1-2H3. The lowest BCUT2D eigenvalue weighted by Crippen LogP contribution is -2.48. The highest BCUT2D eigenvalue weighted by molar-refractivity contribution is 7.09. The van der Waals surface area contributed by atoms with Gasteiger partial charge in [0.05, 0.1) is 5.51 Å². The summed E-state index contributed by atoms with van der Waals surface area (Å²) in [6.07, 6.45) is 4.42. The molecule has 1 aromatic heterocycles. The van der Waals surface area contributed by atoms with E-state index in [4.69, 9.17) is 0 Å². The van der Waals surface area contributed by atoms with Gasteiger partial charge >= 0.3 is 0 Å². The van der Waals surface area contributed by atoms with E-state index in [9.17, 15) is 0 Å². The molecule has 3 nitrogen and oxygen atoms in total. The Labute approximate surface area is 102 Å². The summed E-state index contributed by atoms with van der Waals surface area (Å²) < 4.78 is 0. The minimum atomic E-state index is 0.279. The molecule has 1 aliphatic rings. The zero-order chi connectivity index (χ0) is 11.4. The molecular formula is C12H21N3S. The van der Waals surface area contributed by atoms with Crippen LogP contribution in [0.4, 0.5) is 0 Å². The Hall–Kier alpha value is -0.450. The van der Waals surface area contributed by atoms with Gasteiger partial charge in [0.25, 0.3) is 0 Å². The molecule has 0 aliphatic carbocycles. The quantitative estimate of drug-likeness (QED) is 0.875. The molecule has 16 heavy (non-hydrogen) atoms. The van der Waals surface area contributed by atoms with Crippen molar-refractivity contribution in [1.29, 1.82) is 0 Å². The predicted octanol–water partition coefficient (Wildman–Crippen LogP) is 2.11. The largest absolute Gasteiger partial charge is 0.310 e. The lowest BCUT2D eigenvalue weighted by molar-refractivity contribution is 0.210. The Balaban J connectivity index is 1.98. The van der Waals surface area contributed by atoms with Crippen molar-refractivity contribution < 1.29 is 0 Å². The van der Waals surface area contributed by atoms with Crippen LogP contribution in [0.5, 0.6) is 0 Å². The summed E-state index contributed by atoms with van der Waals surface area (Å²) in [6, 6.07) is 0. The van der Waals surface area contributed by atoms with Gasteiger partial charge in [-0.3, -0.25) is 9.88 Å². The Morgan fingerprint density at radius 3 is 3.19 bits per heavy atom. The smallest absolute Gasteiger partial charge is 0.0794 e. The molecule has 1 aromatic rings. The molecule has 0 radical (unpaired) electrons. The van der Waals surface area contributed by atoms with Crippen molar-refractivity contribution in [2.24, 2.45) is 0 Å². The van der Waals surface area contributed by atoms with E-state index in [1.165, 1.54) is 24.3 Å². The molecule has 1 fully saturated rings. The molecule has 1 saturated heterocycles. The molecule has 1 aliphatic heterocycles. The second kappa shape index (κ2) is 5.25. The van der Waals surface area contributed by atoms with Gasteiger partial charge < -0.3 is 5.32 Å². The maximum absolute atomic E-state index is 4.14. The van der Waals surface area contributed by atoms with Crippen LogP contribution < -0.4 is 5.32 Å². The summed E-state index contributed by atoms with van der Waals surface area (Å²) in [5.74, 6) is 0. The third kappa shape index (κ3) is 3.03. The molecule has 1 unspecified atom stereocenters. The zero-order valence-corrected chi connectivity index (χ0v) is 11.0. The normalized spacial score (nSPS) is 27.9. The van der Waals surface area contributed by atoms with Crippen molar-refractivity contribution >= 4 is 11.3 Å². The van der Waals surface area contributed by atoms with Crippen molar-refractivity contribution in [2.75, 3.05) is 19.6 Å². The second-order valence-electron chi connectivity index (χ2n) is 4.87. The van der Waals surface area contributed by atoms with E-state index in [2.05, 4.69) is 29.0 Å². The number of aromatic nitrogens is 1. The maximum atomic E-state index is 4.14. The lowest BCUT2D eigenvalue weighted by Gasteiger charge is -2.32. The van der Waals surface area contributed by atoms with Crippen LogP contribution in [-0.2, 0) is 6.54 Å². The fourth-order valence-corrected chi connectivity index (χ4v) is 2.87. The first-order valence-electron chi connectivity index (χ1n) is 6.06. The highest BCUT2D eigenvalue weighted by Gasteiger charge is 2.26. The molecule has 4 heteroatoms. The van der Waals surface area contributed by atoms with E-state index in [0.29, 0.717) is 0 Å². The molecule has 1 N–H and O–H groups in total. The van der Waals surface area contributed by atoms with Crippen molar-refractivity contribution in [1.82, 2.24) is 15.2 Å². The molecule has 90 valence electrons. The van der Waals surface area contributed by atoms with Crippen LogP contribution in [0.3, 0.4) is 0 Å². The van der Waals surface area contributed by atoms with Crippen LogP contribution in [0.25, 0.3) is 0 Å². The van der Waals surface area contributed by atoms with Crippen LogP contribution >= 0.6 is 11.3 Å². The number of hydrogen-bond acceptors (Lipinski definition) is 4. The third-order valence-electron chi connectivity index (χ3n) is 3.42. The van der Waals surface area contributed by atoms with E-state index >= 15 is 0 Å². The van der Waals surface area contributed by atoms with Crippen molar-refractivity contribution in [3.05, 3.63) is 16.6 Å². The summed E-state index contributed by atoms with van der Waals surface area (Å²) in [6.45, 7) is 9.13. The highest BCUT2D eigenvalue weighted by atomic mass is 32.1. The van der Waals surface area contributed by atoms with E-state index in [0.717, 1.165) is 19.6 Å². The van der Waals surface area contributed by atoms with Gasteiger partial charge in [-0.2, -0.15) is 0 Å². The van der Waals surface area contributed by atoms with Gasteiger partial charge in [0.15, 0.2) is 0 Å². The fraction of sp³-hybridized carbons (Fsp3) is 0.750. The first-order valence-corrected chi connectivity index (χ1v) is 6.94. The predicted molar refractivity (Wildman–Crippen MR) is 68.7 cm³/mol. The Morgan fingerprint density at radius 1 is 1.62 bits per heavy atom. The second-order valence-corrected chi connectivity index (χ2v) is 5.84. The van der Waals surface area contributed by atoms with Crippen molar-refractivity contribution in [3.63, 3.8) is 0 Å². The third-order valence-corrected chi connectivity index (χ3v) is 4.18. The van der Waals surface area contributed by atoms with Crippen molar-refractivity contribution in [3.8, 4) is 0 Å². The van der Waals surface area contributed by atoms with Crippen molar-refractivity contribution in [2.45, 2.75) is 38.8 Å². The van der Waals surface area contributed by atoms with Gasteiger partial charge in [0.2, 0.25) is 0 Å². The minimum Gasteiger partial charge on any atom is -0.310 e. The fourth-order valence-electron chi connectivity index (χ4n) is 2.23. The van der Waals surface area contributed by atoms with E-state index in [-0.39, 0.29) is 5.54 Å². The van der Waals surface area contributed by atoms with Gasteiger partial charge in [0.1, 0.15) is 0 Å². The Kier molecular flexibility index (Phi) is 3.95. The molecular weight excluding hydrogens is 218 g/mol. The topological polar surface area (TPSA) is 28.2 Å². The summed E-state index contributed by atoms with van der Waals surface area (Å²) in [5, 5.41) is 3.66. The molecule has 2 heterocycles. The molecule has 0 saturated carbocycles. The number of hydrogen-bond donors (Lipinski definition) is 1. The summed E-state index contributed by atoms with van der Waals surface area (Å²) >= 11 is 1.76. The SMILES string of the molecule is CCC1(C)CN(Cc2cncs2)CCCN1. The zero-order valence-electron chi connectivity index (χ0n) is 10.2. The van der Waals surface area contributed by atoms with Crippen LogP contribution in [0, 0.1) is 0 Å². The van der Waals surface area contributed by atoms with Gasteiger partial charge in [-0.05, 0) is 32.9 Å². The van der Waals surface area contributed by atoms with E-state index in [1.54, 1.807) is 11.3 Å². The molecule has 0 spiro atoms. The molecule has 1 atom stereocenters.